The minimum Gasteiger partial charge on any atom is -0.477 e. The fraction of sp³-hybridized carbons (Fsp3) is 0.250. The zero-order valence-corrected chi connectivity index (χ0v) is 16.8. The summed E-state index contributed by atoms with van der Waals surface area (Å²) < 4.78 is 1.44. The summed E-state index contributed by atoms with van der Waals surface area (Å²) in [4.78, 5) is 48.9. The van der Waals surface area contributed by atoms with Crippen LogP contribution in [0.15, 0.2) is 40.0 Å². The number of carboxylic acid groups (broad SMARTS) is 1. The van der Waals surface area contributed by atoms with E-state index in [4.69, 9.17) is 0 Å². The van der Waals surface area contributed by atoms with Crippen molar-refractivity contribution in [1.82, 2.24) is 25.1 Å². The quantitative estimate of drug-likeness (QED) is 0.160. The molecule has 1 saturated heterocycles. The number of tetrazole rings is 1. The first-order valence-electron chi connectivity index (χ1n) is 8.39. The summed E-state index contributed by atoms with van der Waals surface area (Å²) in [5, 5.41) is 31.2. The van der Waals surface area contributed by atoms with Crippen molar-refractivity contribution < 1.29 is 24.4 Å². The smallest absolute Gasteiger partial charge is 0.353 e. The van der Waals surface area contributed by atoms with E-state index >= 15 is 0 Å². The molecule has 2 aromatic rings. The van der Waals surface area contributed by atoms with Crippen LogP contribution in [0.5, 0.6) is 0 Å². The second kappa shape index (κ2) is 7.53. The predicted octanol–water partition coefficient (Wildman–Crippen LogP) is 0.921. The summed E-state index contributed by atoms with van der Waals surface area (Å²) in [7, 11) is 1.65. The number of benzene rings is 1. The predicted molar refractivity (Wildman–Crippen MR) is 103 cm³/mol. The summed E-state index contributed by atoms with van der Waals surface area (Å²) in [5.41, 5.74) is -0.162. The van der Waals surface area contributed by atoms with E-state index in [0.717, 1.165) is 16.7 Å². The molecule has 0 aliphatic carbocycles. The van der Waals surface area contributed by atoms with E-state index in [1.165, 1.54) is 40.7 Å². The molecule has 0 radical (unpaired) electrons. The molecule has 3 heterocycles. The van der Waals surface area contributed by atoms with Crippen molar-refractivity contribution in [1.29, 1.82) is 0 Å². The number of ketones is 1. The number of amides is 1. The number of aliphatic carboxylic acids is 1. The molecule has 154 valence electrons. The van der Waals surface area contributed by atoms with Gasteiger partial charge in [-0.2, -0.15) is 0 Å². The average Bonchev–Trinajstić information content (AvgIpc) is 3.27. The molecule has 0 spiro atoms. The standard InChI is InChI=1S/C16H12N6O6S2/c1-20-16(17-18-19-20)29-6-9-11(15(25)26)21-13(24)10(14(21)30-9)12(23)7-2-4-8(5-3-7)22(27)28/h2-5,10,14H,6H2,1H3,(H,25,26)/t10?,14-/m1/s1. The molecule has 1 aromatic heterocycles. The largest absolute Gasteiger partial charge is 0.477 e. The van der Waals surface area contributed by atoms with E-state index < -0.39 is 33.9 Å². The van der Waals surface area contributed by atoms with E-state index in [1.54, 1.807) is 7.05 Å². The lowest BCUT2D eigenvalue weighted by Gasteiger charge is -2.41. The van der Waals surface area contributed by atoms with Gasteiger partial charge in [-0.1, -0.05) is 11.8 Å². The first-order chi connectivity index (χ1) is 14.3. The summed E-state index contributed by atoms with van der Waals surface area (Å²) >= 11 is 2.36. The normalized spacial score (nSPS) is 20.2. The number of aryl methyl sites for hydroxylation is 1. The molecule has 2 atom stereocenters. The third-order valence-corrected chi connectivity index (χ3v) is 7.14. The Labute approximate surface area is 176 Å². The van der Waals surface area contributed by atoms with Gasteiger partial charge in [0.1, 0.15) is 17.0 Å². The van der Waals surface area contributed by atoms with Crippen molar-refractivity contribution in [2.45, 2.75) is 10.5 Å². The van der Waals surface area contributed by atoms with Gasteiger partial charge in [-0.25, -0.2) is 9.48 Å². The van der Waals surface area contributed by atoms with Gasteiger partial charge in [-0.15, -0.1) is 16.9 Å². The molecule has 0 saturated carbocycles. The summed E-state index contributed by atoms with van der Waals surface area (Å²) in [6.07, 6.45) is 0. The van der Waals surface area contributed by atoms with Gasteiger partial charge in [0.15, 0.2) is 5.78 Å². The average molecular weight is 448 g/mol. The number of non-ortho nitro benzene ring substituents is 1. The van der Waals surface area contributed by atoms with Crippen LogP contribution in [-0.4, -0.2) is 63.9 Å². The molecule has 12 nitrogen and oxygen atoms in total. The van der Waals surface area contributed by atoms with Gasteiger partial charge in [0.05, 0.1) is 4.92 Å². The van der Waals surface area contributed by atoms with Crippen LogP contribution < -0.4 is 0 Å². The van der Waals surface area contributed by atoms with Gasteiger partial charge in [-0.05, 0) is 22.6 Å². The summed E-state index contributed by atoms with van der Waals surface area (Å²) in [5.74, 6) is -3.19. The number of thioether (sulfide) groups is 2. The van der Waals surface area contributed by atoms with Crippen LogP contribution in [0.4, 0.5) is 5.69 Å². The molecule has 4 rings (SSSR count). The molecule has 14 heteroatoms. The molecule has 2 aliphatic rings. The highest BCUT2D eigenvalue weighted by Crippen LogP contribution is 2.51. The highest BCUT2D eigenvalue weighted by molar-refractivity contribution is 8.06. The molecule has 1 aromatic carbocycles. The number of aromatic nitrogens is 4. The minimum atomic E-state index is -1.26. The van der Waals surface area contributed by atoms with Crippen molar-refractivity contribution in [3.8, 4) is 0 Å². The SMILES string of the molecule is Cn1nnnc1SCC1=C(C(=O)O)N2C(=O)C(C(=O)c3ccc([N+](=O)[O-])cc3)[C@H]2S1. The third-order valence-electron chi connectivity index (χ3n) is 4.57. The lowest BCUT2D eigenvalue weighted by Crippen LogP contribution is -2.60. The van der Waals surface area contributed by atoms with E-state index in [9.17, 15) is 29.6 Å². The Balaban J connectivity index is 1.53. The number of nitro groups is 1. The van der Waals surface area contributed by atoms with Crippen LogP contribution in [0.25, 0.3) is 0 Å². The number of carboxylic acids is 1. The summed E-state index contributed by atoms with van der Waals surface area (Å²) in [6.45, 7) is 0. The Morgan fingerprint density at radius 3 is 2.60 bits per heavy atom. The van der Waals surface area contributed by atoms with Gasteiger partial charge < -0.3 is 5.11 Å². The van der Waals surface area contributed by atoms with Crippen molar-refractivity contribution in [2.75, 3.05) is 5.75 Å². The number of fused-ring (bicyclic) bond motifs is 1. The number of carbonyl (C=O) groups excluding carboxylic acids is 2. The van der Waals surface area contributed by atoms with Crippen molar-refractivity contribution in [2.24, 2.45) is 13.0 Å². The molecule has 1 N–H and O–H groups in total. The van der Waals surface area contributed by atoms with Gasteiger partial charge in [-0.3, -0.25) is 24.6 Å². The highest BCUT2D eigenvalue weighted by Gasteiger charge is 2.58. The maximum Gasteiger partial charge on any atom is 0.353 e. The number of nitrogens with zero attached hydrogens (tertiary/aromatic N) is 6. The molecule has 30 heavy (non-hydrogen) atoms. The number of hydrogen-bond acceptors (Lipinski definition) is 10. The number of β-lactam (4-membered cyclic amide) rings is 1. The Morgan fingerprint density at radius 2 is 2.03 bits per heavy atom. The number of rotatable bonds is 7. The van der Waals surface area contributed by atoms with Crippen LogP contribution in [-0.2, 0) is 16.6 Å². The molecular formula is C16H12N6O6S2. The van der Waals surface area contributed by atoms with Crippen molar-refractivity contribution in [3.63, 3.8) is 0 Å². The fourth-order valence-electron chi connectivity index (χ4n) is 3.13. The minimum absolute atomic E-state index is 0.148. The number of carbonyl (C=O) groups is 3. The van der Waals surface area contributed by atoms with Gasteiger partial charge in [0.2, 0.25) is 11.1 Å². The second-order valence-electron chi connectivity index (χ2n) is 6.31. The van der Waals surface area contributed by atoms with Gasteiger partial charge in [0.25, 0.3) is 5.69 Å². The van der Waals surface area contributed by atoms with Gasteiger partial charge in [0, 0.05) is 35.4 Å². The van der Waals surface area contributed by atoms with Crippen LogP contribution in [0, 0.1) is 16.0 Å². The maximum atomic E-state index is 12.8. The zero-order valence-electron chi connectivity index (χ0n) is 15.2. The fourth-order valence-corrected chi connectivity index (χ4v) is 5.57. The van der Waals surface area contributed by atoms with Crippen LogP contribution in [0.3, 0.4) is 0 Å². The number of hydrogen-bond donors (Lipinski definition) is 1. The lowest BCUT2D eigenvalue weighted by molar-refractivity contribution is -0.384. The lowest BCUT2D eigenvalue weighted by atomic mass is 9.88. The molecule has 0 bridgehead atoms. The maximum absolute atomic E-state index is 12.8. The van der Waals surface area contributed by atoms with Gasteiger partial charge >= 0.3 is 5.97 Å². The molecule has 1 unspecified atom stereocenters. The first-order valence-corrected chi connectivity index (χ1v) is 10.3. The first kappa shape index (κ1) is 20.0. The molecule has 1 fully saturated rings. The van der Waals surface area contributed by atoms with Crippen molar-refractivity contribution in [3.05, 3.63) is 50.5 Å². The zero-order chi connectivity index (χ0) is 21.6. The van der Waals surface area contributed by atoms with E-state index in [2.05, 4.69) is 15.5 Å². The molecule has 2 aliphatic heterocycles. The van der Waals surface area contributed by atoms with Crippen LogP contribution in [0.1, 0.15) is 10.4 Å². The van der Waals surface area contributed by atoms with E-state index in [0.29, 0.717) is 10.1 Å². The highest BCUT2D eigenvalue weighted by atomic mass is 32.2. The number of nitro benzene ring substituents is 1. The molecular weight excluding hydrogens is 436 g/mol. The Hall–Kier alpha value is -3.26. The Morgan fingerprint density at radius 1 is 1.33 bits per heavy atom. The van der Waals surface area contributed by atoms with Crippen molar-refractivity contribution >= 4 is 46.9 Å². The number of Topliss-reactive ketones (excluding diaryl/α,β-unsaturated/α-hetero) is 1. The van der Waals surface area contributed by atoms with E-state index in [-0.39, 0.29) is 22.7 Å². The second-order valence-corrected chi connectivity index (χ2v) is 8.47. The topological polar surface area (TPSA) is 161 Å². The Bertz CT molecular complexity index is 1110. The Kier molecular flexibility index (Phi) is 5.03. The van der Waals surface area contributed by atoms with E-state index in [1.807, 2.05) is 0 Å². The monoisotopic (exact) mass is 448 g/mol. The van der Waals surface area contributed by atoms with Crippen LogP contribution >= 0.6 is 23.5 Å². The summed E-state index contributed by atoms with van der Waals surface area (Å²) in [6, 6.07) is 4.96. The third kappa shape index (κ3) is 3.23. The molecule has 1 amide bonds. The van der Waals surface area contributed by atoms with Crippen LogP contribution in [0.2, 0.25) is 0 Å².